The fourth-order valence-electron chi connectivity index (χ4n) is 2.60. The Morgan fingerprint density at radius 2 is 1.68 bits per heavy atom. The number of thioether (sulfide) groups is 1. The summed E-state index contributed by atoms with van der Waals surface area (Å²) in [5.74, 6) is 0.648. The van der Waals surface area contributed by atoms with E-state index in [4.69, 9.17) is 5.73 Å². The van der Waals surface area contributed by atoms with Crippen LogP contribution in [0.15, 0.2) is 54.6 Å². The van der Waals surface area contributed by atoms with Gasteiger partial charge in [0.2, 0.25) is 5.91 Å². The minimum absolute atomic E-state index is 0.116. The van der Waals surface area contributed by atoms with Crippen molar-refractivity contribution in [3.63, 3.8) is 0 Å². The highest BCUT2D eigenvalue weighted by Crippen LogP contribution is 2.19. The van der Waals surface area contributed by atoms with E-state index in [9.17, 15) is 14.7 Å². The van der Waals surface area contributed by atoms with Crippen LogP contribution in [-0.4, -0.2) is 40.6 Å². The van der Waals surface area contributed by atoms with E-state index < -0.39 is 18.1 Å². The van der Waals surface area contributed by atoms with E-state index in [0.29, 0.717) is 6.42 Å². The third-order valence-electron chi connectivity index (χ3n) is 4.22. The number of hydrazine groups is 1. The number of carbonyl (C=O) groups excluding carboxylic acids is 2. The molecule has 0 fully saturated rings. The molecule has 0 aliphatic rings. The average Bonchev–Trinajstić information content (AvgIpc) is 2.72. The maximum atomic E-state index is 12.0. The second-order valence-corrected chi connectivity index (χ2v) is 7.77. The van der Waals surface area contributed by atoms with Crippen molar-refractivity contribution in [3.05, 3.63) is 60.2 Å². The molecule has 2 aromatic rings. The van der Waals surface area contributed by atoms with Gasteiger partial charge in [0.1, 0.15) is 6.10 Å². The fraction of sp³-hybridized carbons (Fsp3) is 0.333. The molecule has 0 saturated heterocycles. The number of nitrogens with one attached hydrogen (secondary N) is 2. The Morgan fingerprint density at radius 1 is 1.04 bits per heavy atom. The first-order valence-corrected chi connectivity index (χ1v) is 10.4. The van der Waals surface area contributed by atoms with E-state index in [1.54, 1.807) is 11.8 Å². The van der Waals surface area contributed by atoms with Crippen molar-refractivity contribution in [2.75, 3.05) is 11.5 Å². The van der Waals surface area contributed by atoms with Crippen LogP contribution in [-0.2, 0) is 16.0 Å². The monoisotopic (exact) mass is 401 g/mol. The van der Waals surface area contributed by atoms with Gasteiger partial charge in [-0.3, -0.25) is 20.4 Å². The van der Waals surface area contributed by atoms with Crippen LogP contribution in [0.4, 0.5) is 0 Å². The van der Waals surface area contributed by atoms with E-state index in [1.165, 1.54) is 0 Å². The van der Waals surface area contributed by atoms with E-state index >= 15 is 0 Å². The maximum absolute atomic E-state index is 12.0. The number of benzene rings is 2. The van der Waals surface area contributed by atoms with Crippen molar-refractivity contribution >= 4 is 23.6 Å². The molecule has 28 heavy (non-hydrogen) atoms. The molecule has 0 bridgehead atoms. The van der Waals surface area contributed by atoms with Gasteiger partial charge in [-0.1, -0.05) is 61.5 Å². The zero-order valence-electron chi connectivity index (χ0n) is 15.9. The summed E-state index contributed by atoms with van der Waals surface area (Å²) in [6.07, 6.45) is -0.720. The predicted molar refractivity (Wildman–Crippen MR) is 113 cm³/mol. The predicted octanol–water partition coefficient (Wildman–Crippen LogP) is 1.87. The molecule has 150 valence electrons. The van der Waals surface area contributed by atoms with Crippen LogP contribution < -0.4 is 16.6 Å². The molecule has 0 radical (unpaired) electrons. The summed E-state index contributed by atoms with van der Waals surface area (Å²) in [5, 5.41) is 9.93. The van der Waals surface area contributed by atoms with Gasteiger partial charge in [-0.05, 0) is 34.6 Å². The SMILES string of the molecule is CCSCC[C@@H](N)C(O)C(=O)NNC(=O)Cc1ccc(-c2ccccc2)cc1. The van der Waals surface area contributed by atoms with Gasteiger partial charge in [-0.25, -0.2) is 0 Å². The summed E-state index contributed by atoms with van der Waals surface area (Å²) in [7, 11) is 0. The van der Waals surface area contributed by atoms with Crippen molar-refractivity contribution in [2.24, 2.45) is 5.73 Å². The van der Waals surface area contributed by atoms with Gasteiger partial charge in [0, 0.05) is 6.04 Å². The van der Waals surface area contributed by atoms with Gasteiger partial charge in [0.25, 0.3) is 5.91 Å². The lowest BCUT2D eigenvalue weighted by molar-refractivity contribution is -0.134. The summed E-state index contributed by atoms with van der Waals surface area (Å²) < 4.78 is 0. The quantitative estimate of drug-likeness (QED) is 0.379. The van der Waals surface area contributed by atoms with E-state index in [0.717, 1.165) is 28.2 Å². The molecular weight excluding hydrogens is 374 g/mol. The molecule has 0 aliphatic heterocycles. The normalized spacial score (nSPS) is 12.8. The second kappa shape index (κ2) is 11.5. The van der Waals surface area contributed by atoms with Crippen LogP contribution >= 0.6 is 11.8 Å². The molecule has 2 atom stereocenters. The van der Waals surface area contributed by atoms with Crippen molar-refractivity contribution in [3.8, 4) is 11.1 Å². The van der Waals surface area contributed by atoms with Gasteiger partial charge in [-0.15, -0.1) is 0 Å². The topological polar surface area (TPSA) is 104 Å². The van der Waals surface area contributed by atoms with Crippen molar-refractivity contribution in [1.82, 2.24) is 10.9 Å². The molecule has 2 aromatic carbocycles. The molecule has 7 heteroatoms. The van der Waals surface area contributed by atoms with Gasteiger partial charge in [0.05, 0.1) is 6.42 Å². The van der Waals surface area contributed by atoms with Crippen LogP contribution in [0.2, 0.25) is 0 Å². The third-order valence-corrected chi connectivity index (χ3v) is 5.16. The largest absolute Gasteiger partial charge is 0.382 e. The highest BCUT2D eigenvalue weighted by Gasteiger charge is 2.22. The number of aliphatic hydroxyl groups is 1. The molecular formula is C21H27N3O3S. The Balaban J connectivity index is 1.78. The standard InChI is InChI=1S/C21H27N3O3S/c1-2-28-13-12-18(22)20(26)21(27)24-23-19(25)14-15-8-10-17(11-9-15)16-6-4-3-5-7-16/h3-11,18,20,26H,2,12-14,22H2,1H3,(H,23,25)(H,24,27)/t18-,20?/m1/s1. The number of hydrogen-bond acceptors (Lipinski definition) is 5. The first-order valence-electron chi connectivity index (χ1n) is 9.25. The molecule has 0 spiro atoms. The van der Waals surface area contributed by atoms with E-state index in [1.807, 2.05) is 61.5 Å². The molecule has 6 nitrogen and oxygen atoms in total. The maximum Gasteiger partial charge on any atom is 0.268 e. The van der Waals surface area contributed by atoms with Gasteiger partial charge in [-0.2, -0.15) is 11.8 Å². The molecule has 1 unspecified atom stereocenters. The lowest BCUT2D eigenvalue weighted by Crippen LogP contribution is -2.52. The fourth-order valence-corrected chi connectivity index (χ4v) is 3.32. The Hall–Kier alpha value is -2.35. The number of aliphatic hydroxyl groups excluding tert-OH is 1. The Kier molecular flexibility index (Phi) is 9.00. The van der Waals surface area contributed by atoms with E-state index in [2.05, 4.69) is 10.9 Å². The second-order valence-electron chi connectivity index (χ2n) is 6.37. The Morgan fingerprint density at radius 3 is 2.32 bits per heavy atom. The minimum Gasteiger partial charge on any atom is -0.382 e. The van der Waals surface area contributed by atoms with Crippen LogP contribution in [0.25, 0.3) is 11.1 Å². The van der Waals surface area contributed by atoms with E-state index in [-0.39, 0.29) is 12.3 Å². The molecule has 0 aliphatic carbocycles. The van der Waals surface area contributed by atoms with Gasteiger partial charge < -0.3 is 10.8 Å². The molecule has 2 rings (SSSR count). The van der Waals surface area contributed by atoms with Crippen LogP contribution in [0.5, 0.6) is 0 Å². The third kappa shape index (κ3) is 6.99. The molecule has 0 aromatic heterocycles. The molecule has 5 N–H and O–H groups in total. The molecule has 0 saturated carbocycles. The number of amides is 2. The summed E-state index contributed by atoms with van der Waals surface area (Å²) in [6.45, 7) is 2.03. The number of rotatable bonds is 9. The highest BCUT2D eigenvalue weighted by atomic mass is 32.2. The van der Waals surface area contributed by atoms with Crippen LogP contribution in [0, 0.1) is 0 Å². The first kappa shape index (κ1) is 21.9. The lowest BCUT2D eigenvalue weighted by atomic mass is 10.0. The smallest absolute Gasteiger partial charge is 0.268 e. The van der Waals surface area contributed by atoms with Crippen molar-refractivity contribution in [1.29, 1.82) is 0 Å². The molecule has 0 heterocycles. The Bertz CT molecular complexity index is 753. The van der Waals surface area contributed by atoms with Crippen molar-refractivity contribution < 1.29 is 14.7 Å². The zero-order chi connectivity index (χ0) is 20.4. The summed E-state index contributed by atoms with van der Waals surface area (Å²) in [4.78, 5) is 23.9. The summed E-state index contributed by atoms with van der Waals surface area (Å²) in [5.41, 5.74) is 13.4. The van der Waals surface area contributed by atoms with Gasteiger partial charge in [0.15, 0.2) is 0 Å². The van der Waals surface area contributed by atoms with Crippen molar-refractivity contribution in [2.45, 2.75) is 31.9 Å². The summed E-state index contributed by atoms with van der Waals surface area (Å²) >= 11 is 1.69. The lowest BCUT2D eigenvalue weighted by Gasteiger charge is -2.18. The number of nitrogens with two attached hydrogens (primary N) is 1. The first-order chi connectivity index (χ1) is 13.5. The van der Waals surface area contributed by atoms with Crippen LogP contribution in [0.1, 0.15) is 18.9 Å². The highest BCUT2D eigenvalue weighted by molar-refractivity contribution is 7.99. The van der Waals surface area contributed by atoms with Crippen LogP contribution in [0.3, 0.4) is 0 Å². The van der Waals surface area contributed by atoms with Gasteiger partial charge >= 0.3 is 0 Å². The average molecular weight is 402 g/mol. The summed E-state index contributed by atoms with van der Waals surface area (Å²) in [6, 6.07) is 16.9. The Labute approximate surface area is 169 Å². The zero-order valence-corrected chi connectivity index (χ0v) is 16.7. The molecule has 2 amide bonds. The number of carbonyl (C=O) groups is 2. The minimum atomic E-state index is -1.36. The number of hydrogen-bond donors (Lipinski definition) is 4.